The van der Waals surface area contributed by atoms with Crippen molar-refractivity contribution in [2.45, 2.75) is 60.9 Å². The van der Waals surface area contributed by atoms with Gasteiger partial charge in [0.25, 0.3) is 0 Å². The lowest BCUT2D eigenvalue weighted by atomic mass is 9.99. The topological polar surface area (TPSA) is 158 Å². The molecule has 0 bridgehead atoms. The van der Waals surface area contributed by atoms with Crippen LogP contribution in [0.15, 0.2) is 71.5 Å². The highest BCUT2D eigenvalue weighted by Crippen LogP contribution is 2.40. The molecule has 212 valence electrons. The van der Waals surface area contributed by atoms with Gasteiger partial charge in [0, 0.05) is 42.9 Å². The molecule has 8 N–H and O–H groups in total. The van der Waals surface area contributed by atoms with Crippen molar-refractivity contribution in [3.05, 3.63) is 93.8 Å². The SMILES string of the molecule is C=C1C(C(=O)O)=CC(C2CC2)=CN1/C=C(\C)CN/C=C(/C)N.CC.Cc1cc(C(=N)N)cc(C)c1CNC=O. The van der Waals surface area contributed by atoms with Gasteiger partial charge in [-0.15, -0.1) is 0 Å². The molecule has 0 radical (unpaired) electrons. The lowest BCUT2D eigenvalue weighted by molar-refractivity contribution is -0.132. The summed E-state index contributed by atoms with van der Waals surface area (Å²) in [5.41, 5.74) is 18.4. The summed E-state index contributed by atoms with van der Waals surface area (Å²) in [7, 11) is 0. The summed E-state index contributed by atoms with van der Waals surface area (Å²) in [6, 6.07) is 3.72. The van der Waals surface area contributed by atoms with E-state index in [4.69, 9.17) is 16.9 Å². The Morgan fingerprint density at radius 1 is 1.18 bits per heavy atom. The molecule has 0 unspecified atom stereocenters. The first-order valence-corrected chi connectivity index (χ1v) is 13.0. The first kappa shape index (κ1) is 32.8. The van der Waals surface area contributed by atoms with E-state index >= 15 is 0 Å². The first-order valence-electron chi connectivity index (χ1n) is 13.0. The third-order valence-corrected chi connectivity index (χ3v) is 5.94. The molecule has 1 aromatic rings. The average molecular weight is 537 g/mol. The molecule has 1 aliphatic heterocycles. The fraction of sp³-hybridized carbons (Fsp3) is 0.367. The van der Waals surface area contributed by atoms with E-state index in [1.54, 1.807) is 12.3 Å². The first-order chi connectivity index (χ1) is 18.4. The quantitative estimate of drug-likeness (QED) is 0.148. The van der Waals surface area contributed by atoms with Crippen molar-refractivity contribution in [1.82, 2.24) is 15.5 Å². The minimum atomic E-state index is -0.938. The molecule has 1 saturated carbocycles. The van der Waals surface area contributed by atoms with E-state index < -0.39 is 5.97 Å². The van der Waals surface area contributed by atoms with Crippen LogP contribution in [0.4, 0.5) is 0 Å². The van der Waals surface area contributed by atoms with Crippen LogP contribution in [0.1, 0.15) is 62.8 Å². The lowest BCUT2D eigenvalue weighted by Gasteiger charge is -2.25. The molecule has 9 nitrogen and oxygen atoms in total. The average Bonchev–Trinajstić information content (AvgIpc) is 3.71. The number of hydrogen-bond acceptors (Lipinski definition) is 6. The number of carbonyl (C=O) groups excluding carboxylic acids is 1. The van der Waals surface area contributed by atoms with E-state index in [1.165, 1.54) is 0 Å². The third kappa shape index (κ3) is 10.6. The van der Waals surface area contributed by atoms with Gasteiger partial charge in [0.2, 0.25) is 6.41 Å². The molecular formula is C30H44N6O3. The van der Waals surface area contributed by atoms with Gasteiger partial charge >= 0.3 is 5.97 Å². The van der Waals surface area contributed by atoms with Gasteiger partial charge in [-0.25, -0.2) is 4.79 Å². The summed E-state index contributed by atoms with van der Waals surface area (Å²) >= 11 is 0. The summed E-state index contributed by atoms with van der Waals surface area (Å²) in [6.45, 7) is 16.7. The number of hydrogen-bond donors (Lipinski definition) is 6. The fourth-order valence-corrected chi connectivity index (χ4v) is 3.83. The Bertz CT molecular complexity index is 1160. The number of aliphatic carboxylic acids is 1. The zero-order valence-corrected chi connectivity index (χ0v) is 24.0. The largest absolute Gasteiger partial charge is 0.478 e. The van der Waals surface area contributed by atoms with Crippen molar-refractivity contribution >= 4 is 18.2 Å². The number of amidine groups is 1. The summed E-state index contributed by atoms with van der Waals surface area (Å²) in [6.07, 6.45) is 10.3. The molecular weight excluding hydrogens is 492 g/mol. The van der Waals surface area contributed by atoms with Crippen molar-refractivity contribution in [2.75, 3.05) is 6.54 Å². The van der Waals surface area contributed by atoms with Crippen LogP contribution in [0.3, 0.4) is 0 Å². The number of carboxylic acid groups (broad SMARTS) is 1. The summed E-state index contributed by atoms with van der Waals surface area (Å²) in [4.78, 5) is 23.4. The predicted molar refractivity (Wildman–Crippen MR) is 158 cm³/mol. The Hall–Kier alpha value is -4.27. The zero-order chi connectivity index (χ0) is 29.7. The van der Waals surface area contributed by atoms with Crippen molar-refractivity contribution in [3.8, 4) is 0 Å². The number of aryl methyl sites for hydroxylation is 2. The summed E-state index contributed by atoms with van der Waals surface area (Å²) in [5, 5.41) is 22.4. The third-order valence-electron chi connectivity index (χ3n) is 5.94. The van der Waals surface area contributed by atoms with E-state index in [0.29, 0.717) is 36.8 Å². The molecule has 0 spiro atoms. The summed E-state index contributed by atoms with van der Waals surface area (Å²) < 4.78 is 0. The van der Waals surface area contributed by atoms with Crippen molar-refractivity contribution < 1.29 is 14.7 Å². The van der Waals surface area contributed by atoms with E-state index in [-0.39, 0.29) is 11.4 Å². The normalized spacial score (nSPS) is 15.0. The number of benzene rings is 1. The maximum absolute atomic E-state index is 11.4. The number of rotatable bonds is 10. The molecule has 0 aromatic heterocycles. The Morgan fingerprint density at radius 2 is 1.77 bits per heavy atom. The van der Waals surface area contributed by atoms with Crippen LogP contribution in [0.5, 0.6) is 0 Å². The lowest BCUT2D eigenvalue weighted by Crippen LogP contribution is -2.21. The van der Waals surface area contributed by atoms with Gasteiger partial charge in [-0.2, -0.15) is 0 Å². The molecule has 3 rings (SSSR count). The van der Waals surface area contributed by atoms with E-state index in [1.807, 2.05) is 71.0 Å². The standard InChI is InChI=1S/C17H23N3O2.C11H15N3O.C2H6/c1-11(7-19-8-12(2)18)9-20-10-15(14-4-5-14)6-16(13(20)3)17(21)22;1-7-3-9(11(12)13)4-8(2)10(7)5-14-6-15;1-2/h6,8-10,14,19H,3-5,7,18H2,1-2H3,(H,21,22);3-4,6H,5H2,1-2H3,(H3,12,13)(H,14,15);1-2H3/b11-9+,12-8-;;. The number of nitrogens with two attached hydrogens (primary N) is 2. The van der Waals surface area contributed by atoms with Crippen LogP contribution < -0.4 is 22.1 Å². The molecule has 0 saturated heterocycles. The number of carboxylic acids is 1. The highest BCUT2D eigenvalue weighted by molar-refractivity contribution is 5.95. The van der Waals surface area contributed by atoms with Crippen molar-refractivity contribution in [1.29, 1.82) is 5.41 Å². The Kier molecular flexibility index (Phi) is 13.3. The zero-order valence-electron chi connectivity index (χ0n) is 24.0. The highest BCUT2D eigenvalue weighted by Gasteiger charge is 2.30. The molecule has 1 heterocycles. The van der Waals surface area contributed by atoms with Crippen LogP contribution >= 0.6 is 0 Å². The van der Waals surface area contributed by atoms with E-state index in [2.05, 4.69) is 17.2 Å². The number of nitrogens with one attached hydrogen (secondary N) is 3. The molecule has 1 aromatic carbocycles. The number of nitrogen functional groups attached to an aromatic ring is 1. The molecule has 0 atom stereocenters. The minimum absolute atomic E-state index is 0.0658. The van der Waals surface area contributed by atoms with Gasteiger partial charge < -0.3 is 32.1 Å². The summed E-state index contributed by atoms with van der Waals surface area (Å²) in [5.74, 6) is -0.386. The number of amides is 1. The Morgan fingerprint density at radius 3 is 2.23 bits per heavy atom. The van der Waals surface area contributed by atoms with Gasteiger partial charge in [-0.05, 0) is 92.5 Å². The van der Waals surface area contributed by atoms with Crippen molar-refractivity contribution in [2.24, 2.45) is 17.4 Å². The number of nitrogens with zero attached hydrogens (tertiary/aromatic N) is 1. The second-order valence-electron chi connectivity index (χ2n) is 9.37. The molecule has 2 aliphatic rings. The molecule has 9 heteroatoms. The van der Waals surface area contributed by atoms with E-state index in [0.717, 1.165) is 46.2 Å². The van der Waals surface area contributed by atoms with Gasteiger partial charge in [-0.3, -0.25) is 10.2 Å². The highest BCUT2D eigenvalue weighted by atomic mass is 16.4. The van der Waals surface area contributed by atoms with Crippen LogP contribution in [0, 0.1) is 25.2 Å². The smallest absolute Gasteiger partial charge is 0.337 e. The molecule has 1 fully saturated rings. The van der Waals surface area contributed by atoms with Crippen molar-refractivity contribution in [3.63, 3.8) is 0 Å². The van der Waals surface area contributed by atoms with Crippen LogP contribution in [-0.4, -0.2) is 34.8 Å². The molecule has 1 aliphatic carbocycles. The van der Waals surface area contributed by atoms with Gasteiger partial charge in [0.1, 0.15) is 5.84 Å². The van der Waals surface area contributed by atoms with Crippen LogP contribution in [0.2, 0.25) is 0 Å². The minimum Gasteiger partial charge on any atom is -0.478 e. The predicted octanol–water partition coefficient (Wildman–Crippen LogP) is 4.29. The molecule has 1 amide bonds. The second-order valence-corrected chi connectivity index (χ2v) is 9.37. The Balaban J connectivity index is 0.000000391. The van der Waals surface area contributed by atoms with Gasteiger partial charge in [-0.1, -0.05) is 20.4 Å². The second kappa shape index (κ2) is 15.9. The Labute approximate surface area is 232 Å². The van der Waals surface area contributed by atoms with Gasteiger partial charge in [0.05, 0.1) is 11.3 Å². The fourth-order valence-electron chi connectivity index (χ4n) is 3.83. The number of carbonyl (C=O) groups is 2. The van der Waals surface area contributed by atoms with Crippen LogP contribution in [0.25, 0.3) is 0 Å². The maximum atomic E-state index is 11.4. The monoisotopic (exact) mass is 536 g/mol. The van der Waals surface area contributed by atoms with Gasteiger partial charge in [0.15, 0.2) is 0 Å². The van der Waals surface area contributed by atoms with Crippen LogP contribution in [-0.2, 0) is 16.1 Å². The maximum Gasteiger partial charge on any atom is 0.337 e. The molecule has 39 heavy (non-hydrogen) atoms. The van der Waals surface area contributed by atoms with E-state index in [9.17, 15) is 14.7 Å². The number of allylic oxidation sites excluding steroid dienone is 3.